The Kier molecular flexibility index (Phi) is 14.0. The lowest BCUT2D eigenvalue weighted by molar-refractivity contribution is -0.126. The average Bonchev–Trinajstić information content (AvgIpc) is 3.37. The fraction of sp³-hybridized carbons (Fsp3) is 0.383. The monoisotopic (exact) mass is 955 g/mol. The molecule has 2 spiro atoms. The smallest absolute Gasteiger partial charge is 0.258 e. The minimum Gasteiger partial charge on any atom is -0.497 e. The van der Waals surface area contributed by atoms with E-state index < -0.39 is 0 Å². The third-order valence-electron chi connectivity index (χ3n) is 15.7. The molecule has 0 N–H and O–H groups in total. The van der Waals surface area contributed by atoms with Gasteiger partial charge in [-0.15, -0.1) is 24.9 Å². The lowest BCUT2D eigenvalue weighted by atomic mass is 9.58. The van der Waals surface area contributed by atoms with Crippen molar-refractivity contribution in [2.24, 2.45) is 11.3 Å². The summed E-state index contributed by atoms with van der Waals surface area (Å²) in [5.74, 6) is 3.34. The number of carbonyl (C=O) groups excluding carboxylic acids is 1. The predicted molar refractivity (Wildman–Crippen MR) is 284 cm³/mol. The molecule has 69 heavy (non-hydrogen) atoms. The molecule has 10 rings (SSSR count). The molecule has 5 aliphatic rings. The summed E-state index contributed by atoms with van der Waals surface area (Å²) in [4.78, 5) is 37.4. The van der Waals surface area contributed by atoms with E-state index in [-0.39, 0.29) is 28.2 Å². The van der Waals surface area contributed by atoms with Crippen LogP contribution in [0.15, 0.2) is 143 Å². The van der Waals surface area contributed by atoms with Gasteiger partial charge in [0.25, 0.3) is 11.5 Å². The Morgan fingerprint density at radius 3 is 2.22 bits per heavy atom. The van der Waals surface area contributed by atoms with Gasteiger partial charge in [0, 0.05) is 46.6 Å². The van der Waals surface area contributed by atoms with E-state index >= 15 is 4.79 Å². The number of methoxy groups -OCH3 is 1. The molecular formula is C60H65N3O4S2. The summed E-state index contributed by atoms with van der Waals surface area (Å²) in [5.41, 5.74) is 12.1. The molecule has 9 heteroatoms. The molecule has 2 heterocycles. The van der Waals surface area contributed by atoms with Gasteiger partial charge in [-0.1, -0.05) is 142 Å². The molecule has 1 aliphatic heterocycles. The zero-order valence-corrected chi connectivity index (χ0v) is 42.0. The minimum absolute atomic E-state index is 0.0909. The van der Waals surface area contributed by atoms with Crippen LogP contribution in [-0.4, -0.2) is 34.0 Å². The van der Waals surface area contributed by atoms with Crippen LogP contribution in [0.3, 0.4) is 0 Å². The number of rotatable bonds is 14. The number of fused-ring (bicyclic) bond motifs is 7. The number of hydrogen-bond acceptors (Lipinski definition) is 7. The van der Waals surface area contributed by atoms with Crippen LogP contribution in [0.1, 0.15) is 116 Å². The van der Waals surface area contributed by atoms with E-state index in [0.717, 1.165) is 126 Å². The second kappa shape index (κ2) is 20.4. The molecule has 0 saturated heterocycles. The normalized spacial score (nSPS) is 19.1. The third-order valence-corrected chi connectivity index (χ3v) is 17.9. The molecule has 1 atom stereocenters. The first-order valence-corrected chi connectivity index (χ1v) is 27.2. The first-order valence-electron chi connectivity index (χ1n) is 25.2. The summed E-state index contributed by atoms with van der Waals surface area (Å²) in [7, 11) is 1.69. The van der Waals surface area contributed by atoms with E-state index in [4.69, 9.17) is 14.5 Å². The van der Waals surface area contributed by atoms with Crippen LogP contribution in [0.25, 0.3) is 16.8 Å². The number of allylic oxidation sites excluding steroid dienone is 3. The van der Waals surface area contributed by atoms with Crippen LogP contribution >= 0.6 is 23.5 Å². The van der Waals surface area contributed by atoms with Crippen LogP contribution < -0.4 is 15.0 Å². The number of carbonyl (C=O) groups is 1. The zero-order valence-electron chi connectivity index (χ0n) is 40.4. The second-order valence-corrected chi connectivity index (χ2v) is 21.9. The average molecular weight is 956 g/mol. The molecule has 356 valence electrons. The SMILES string of the molecule is C=CCN1C(=O)C2=C(c3cccc(COc4cccc(CSc5nc6c(c(=O)n5CC=C)C5(CCCCC5)Cc5ccccc5-6)c4)c3CC23CCCCC3)C(C)CC=C1SCc1ccc(OC)cc1. The van der Waals surface area contributed by atoms with Gasteiger partial charge < -0.3 is 9.47 Å². The number of aromatic nitrogens is 2. The highest BCUT2D eigenvalue weighted by Crippen LogP contribution is 2.56. The van der Waals surface area contributed by atoms with Gasteiger partial charge >= 0.3 is 0 Å². The van der Waals surface area contributed by atoms with Crippen molar-refractivity contribution in [3.63, 3.8) is 0 Å². The van der Waals surface area contributed by atoms with Gasteiger partial charge in [0.15, 0.2) is 5.16 Å². The van der Waals surface area contributed by atoms with E-state index in [0.29, 0.717) is 25.4 Å². The minimum atomic E-state index is -0.238. The third kappa shape index (κ3) is 9.22. The topological polar surface area (TPSA) is 73.7 Å². The van der Waals surface area contributed by atoms with Gasteiger partial charge in [-0.2, -0.15) is 0 Å². The number of hydrogen-bond donors (Lipinski definition) is 0. The molecular weight excluding hydrogens is 891 g/mol. The van der Waals surface area contributed by atoms with Gasteiger partial charge in [-0.05, 0) is 114 Å². The number of benzene rings is 4. The lowest BCUT2D eigenvalue weighted by Crippen LogP contribution is -2.43. The number of nitrogens with zero attached hydrogens (tertiary/aromatic N) is 3. The summed E-state index contributed by atoms with van der Waals surface area (Å²) in [6, 6.07) is 31.8. The summed E-state index contributed by atoms with van der Waals surface area (Å²) >= 11 is 3.34. The summed E-state index contributed by atoms with van der Waals surface area (Å²) in [6.07, 6.45) is 19.6. The van der Waals surface area contributed by atoms with Crippen molar-refractivity contribution < 1.29 is 14.3 Å². The van der Waals surface area contributed by atoms with Gasteiger partial charge in [0.2, 0.25) is 0 Å². The highest BCUT2D eigenvalue weighted by atomic mass is 32.2. The van der Waals surface area contributed by atoms with E-state index in [1.807, 2.05) is 39.8 Å². The summed E-state index contributed by atoms with van der Waals surface area (Å²) in [5, 5.41) is 1.74. The van der Waals surface area contributed by atoms with Crippen molar-refractivity contribution in [1.29, 1.82) is 0 Å². The molecule has 1 aromatic heterocycles. The van der Waals surface area contributed by atoms with Crippen molar-refractivity contribution in [2.75, 3.05) is 13.7 Å². The van der Waals surface area contributed by atoms with Crippen molar-refractivity contribution >= 4 is 35.0 Å². The maximum absolute atomic E-state index is 15.4. The van der Waals surface area contributed by atoms with Crippen molar-refractivity contribution in [3.8, 4) is 22.8 Å². The summed E-state index contributed by atoms with van der Waals surface area (Å²) < 4.78 is 14.0. The molecule has 2 saturated carbocycles. The molecule has 7 nitrogen and oxygen atoms in total. The quantitative estimate of drug-likeness (QED) is 0.0624. The zero-order chi connectivity index (χ0) is 47.5. The van der Waals surface area contributed by atoms with E-state index in [1.165, 1.54) is 46.2 Å². The Bertz CT molecular complexity index is 2880. The van der Waals surface area contributed by atoms with Gasteiger partial charge in [0.1, 0.15) is 18.1 Å². The highest BCUT2D eigenvalue weighted by molar-refractivity contribution is 8.02. The Labute approximate surface area is 417 Å². The Hall–Kier alpha value is -5.51. The lowest BCUT2D eigenvalue weighted by Gasteiger charge is -2.47. The largest absolute Gasteiger partial charge is 0.497 e. The van der Waals surface area contributed by atoms with E-state index in [2.05, 4.69) is 99.0 Å². The van der Waals surface area contributed by atoms with Crippen LogP contribution in [0, 0.1) is 11.3 Å². The molecule has 0 radical (unpaired) electrons. The second-order valence-electron chi connectivity index (χ2n) is 20.0. The molecule has 5 aromatic rings. The van der Waals surface area contributed by atoms with E-state index in [9.17, 15) is 4.79 Å². The first kappa shape index (κ1) is 47.2. The number of thioether (sulfide) groups is 2. The van der Waals surface area contributed by atoms with Crippen molar-refractivity contribution in [1.82, 2.24) is 14.5 Å². The highest BCUT2D eigenvalue weighted by Gasteiger charge is 2.48. The molecule has 4 aromatic carbocycles. The fourth-order valence-corrected chi connectivity index (χ4v) is 14.3. The summed E-state index contributed by atoms with van der Waals surface area (Å²) in [6.45, 7) is 11.8. The van der Waals surface area contributed by atoms with E-state index in [1.54, 1.807) is 30.6 Å². The molecule has 1 amide bonds. The Morgan fingerprint density at radius 2 is 1.46 bits per heavy atom. The molecule has 1 unspecified atom stereocenters. The van der Waals surface area contributed by atoms with Crippen LogP contribution in [-0.2, 0) is 47.7 Å². The fourth-order valence-electron chi connectivity index (χ4n) is 12.3. The van der Waals surface area contributed by atoms with Crippen molar-refractivity contribution in [2.45, 2.75) is 126 Å². The van der Waals surface area contributed by atoms with Crippen LogP contribution in [0.5, 0.6) is 11.5 Å². The van der Waals surface area contributed by atoms with Crippen LogP contribution in [0.4, 0.5) is 0 Å². The maximum Gasteiger partial charge on any atom is 0.258 e. The number of ether oxygens (including phenoxy) is 2. The molecule has 0 bridgehead atoms. The van der Waals surface area contributed by atoms with Gasteiger partial charge in [-0.25, -0.2) is 4.98 Å². The predicted octanol–water partition coefficient (Wildman–Crippen LogP) is 13.8. The standard InChI is InChI=1S/C60H65N3O4S2/c1-5-33-62-51(68-39-42-24-26-46(66-4)27-25-42)28-23-41(3)52-49-22-16-19-45(50(49)37-60(53(52)56(62)64)31-13-8-14-32-60)38-67-47-20-15-17-43(35-47)40-69-58-61-55-48-21-10-9-18-44(48)36-59(29-11-7-12-30-59)54(55)57(65)63(58)34-6-2/h5-6,9-10,15-22,24-28,35,41H,1-2,7-8,11-14,23,29-34,36-40H2,3-4H3. The Morgan fingerprint density at radius 1 is 0.754 bits per heavy atom. The first-order chi connectivity index (χ1) is 33.7. The molecule has 4 aliphatic carbocycles. The van der Waals surface area contributed by atoms with Gasteiger partial charge in [-0.3, -0.25) is 19.1 Å². The molecule has 2 fully saturated rings. The van der Waals surface area contributed by atoms with Crippen molar-refractivity contribution in [3.05, 3.63) is 182 Å². The van der Waals surface area contributed by atoms with Crippen LogP contribution in [0.2, 0.25) is 0 Å². The van der Waals surface area contributed by atoms with Gasteiger partial charge in [0.05, 0.1) is 23.4 Å². The maximum atomic E-state index is 15.4. The number of amides is 1. The Balaban J connectivity index is 0.913.